The van der Waals surface area contributed by atoms with Crippen LogP contribution >= 0.6 is 0 Å². The number of ether oxygens (including phenoxy) is 1. The summed E-state index contributed by atoms with van der Waals surface area (Å²) in [4.78, 5) is 0. The average molecular weight is 168 g/mol. The fourth-order valence-corrected chi connectivity index (χ4v) is 2.41. The van der Waals surface area contributed by atoms with Crippen LogP contribution in [0, 0.1) is 5.53 Å². The standard InChI is InChI=1S/C9H16N2O/c10-11-8-2-5-9(6-3-8)4-1-7-12-9/h8,10H,1-7H2. The highest BCUT2D eigenvalue weighted by molar-refractivity contribution is 4.91. The lowest BCUT2D eigenvalue weighted by molar-refractivity contribution is -0.0279. The van der Waals surface area contributed by atoms with Gasteiger partial charge in [0, 0.05) is 6.61 Å². The van der Waals surface area contributed by atoms with Gasteiger partial charge in [-0.1, -0.05) is 0 Å². The van der Waals surface area contributed by atoms with Crippen LogP contribution in [-0.4, -0.2) is 18.2 Å². The first-order valence-electron chi connectivity index (χ1n) is 4.85. The molecule has 0 amide bonds. The predicted octanol–water partition coefficient (Wildman–Crippen LogP) is 2.51. The molecule has 1 N–H and O–H groups in total. The molecule has 0 unspecified atom stereocenters. The van der Waals surface area contributed by atoms with Gasteiger partial charge in [0.1, 0.15) is 0 Å². The van der Waals surface area contributed by atoms with E-state index in [1.54, 1.807) is 0 Å². The van der Waals surface area contributed by atoms with Crippen LogP contribution in [0.5, 0.6) is 0 Å². The van der Waals surface area contributed by atoms with E-state index in [1.165, 1.54) is 12.8 Å². The van der Waals surface area contributed by atoms with Crippen molar-refractivity contribution < 1.29 is 4.74 Å². The SMILES string of the molecule is N=NC1CCC2(CCCO2)CC1. The second-order valence-electron chi connectivity index (χ2n) is 4.00. The number of nitrogens with zero attached hydrogens (tertiary/aromatic N) is 1. The molecule has 12 heavy (non-hydrogen) atoms. The van der Waals surface area contributed by atoms with Gasteiger partial charge in [0.05, 0.1) is 11.6 Å². The van der Waals surface area contributed by atoms with Gasteiger partial charge in [-0.25, -0.2) is 5.53 Å². The van der Waals surface area contributed by atoms with Crippen molar-refractivity contribution in [2.24, 2.45) is 5.11 Å². The van der Waals surface area contributed by atoms with Crippen LogP contribution in [0.15, 0.2) is 5.11 Å². The molecule has 2 fully saturated rings. The Morgan fingerprint density at radius 2 is 2.00 bits per heavy atom. The zero-order valence-electron chi connectivity index (χ0n) is 7.38. The molecule has 1 aliphatic carbocycles. The topological polar surface area (TPSA) is 45.4 Å². The molecule has 0 atom stereocenters. The molecule has 0 bridgehead atoms. The van der Waals surface area contributed by atoms with E-state index in [-0.39, 0.29) is 5.60 Å². The largest absolute Gasteiger partial charge is 0.375 e. The molecular weight excluding hydrogens is 152 g/mol. The van der Waals surface area contributed by atoms with E-state index in [1.807, 2.05) is 0 Å². The van der Waals surface area contributed by atoms with Crippen molar-refractivity contribution in [2.45, 2.75) is 50.2 Å². The number of hydrogen-bond acceptors (Lipinski definition) is 3. The first-order valence-corrected chi connectivity index (χ1v) is 4.85. The maximum absolute atomic E-state index is 6.94. The van der Waals surface area contributed by atoms with E-state index in [0.717, 1.165) is 32.3 Å². The van der Waals surface area contributed by atoms with Crippen molar-refractivity contribution in [3.05, 3.63) is 0 Å². The van der Waals surface area contributed by atoms with E-state index in [9.17, 15) is 0 Å². The summed E-state index contributed by atoms with van der Waals surface area (Å²) in [5, 5.41) is 3.60. The number of rotatable bonds is 1. The zero-order chi connectivity index (χ0) is 8.44. The Morgan fingerprint density at radius 1 is 1.25 bits per heavy atom. The van der Waals surface area contributed by atoms with Gasteiger partial charge in [0.15, 0.2) is 0 Å². The fraction of sp³-hybridized carbons (Fsp3) is 1.00. The van der Waals surface area contributed by atoms with E-state index in [2.05, 4.69) is 5.11 Å². The highest BCUT2D eigenvalue weighted by atomic mass is 16.5. The van der Waals surface area contributed by atoms with E-state index < -0.39 is 0 Å². The average Bonchev–Trinajstić information content (AvgIpc) is 2.55. The van der Waals surface area contributed by atoms with Gasteiger partial charge in [-0.3, -0.25) is 0 Å². The van der Waals surface area contributed by atoms with E-state index >= 15 is 0 Å². The normalized spacial score (nSPS) is 41.8. The van der Waals surface area contributed by atoms with Crippen LogP contribution in [0.2, 0.25) is 0 Å². The van der Waals surface area contributed by atoms with Crippen LogP contribution in [0.25, 0.3) is 0 Å². The van der Waals surface area contributed by atoms with Crippen molar-refractivity contribution >= 4 is 0 Å². The molecule has 0 aromatic rings. The minimum Gasteiger partial charge on any atom is -0.375 e. The molecule has 2 aliphatic rings. The zero-order valence-corrected chi connectivity index (χ0v) is 7.38. The van der Waals surface area contributed by atoms with E-state index in [0.29, 0.717) is 6.04 Å². The Labute approximate surface area is 73.0 Å². The smallest absolute Gasteiger partial charge is 0.0707 e. The van der Waals surface area contributed by atoms with Gasteiger partial charge in [0.2, 0.25) is 0 Å². The molecule has 1 aliphatic heterocycles. The maximum Gasteiger partial charge on any atom is 0.0707 e. The third-order valence-electron chi connectivity index (χ3n) is 3.23. The van der Waals surface area contributed by atoms with Crippen LogP contribution in [0.1, 0.15) is 38.5 Å². The minimum atomic E-state index is 0.210. The van der Waals surface area contributed by atoms with Crippen molar-refractivity contribution in [1.29, 1.82) is 5.53 Å². The van der Waals surface area contributed by atoms with Gasteiger partial charge in [-0.15, -0.1) is 0 Å². The van der Waals surface area contributed by atoms with Crippen LogP contribution in [-0.2, 0) is 4.74 Å². The van der Waals surface area contributed by atoms with Gasteiger partial charge >= 0.3 is 0 Å². The minimum absolute atomic E-state index is 0.210. The second-order valence-corrected chi connectivity index (χ2v) is 4.00. The molecule has 2 rings (SSSR count). The quantitative estimate of drug-likeness (QED) is 0.601. The Morgan fingerprint density at radius 3 is 2.50 bits per heavy atom. The third kappa shape index (κ3) is 1.38. The first kappa shape index (κ1) is 8.17. The van der Waals surface area contributed by atoms with Gasteiger partial charge in [0.25, 0.3) is 0 Å². The monoisotopic (exact) mass is 168 g/mol. The summed E-state index contributed by atoms with van der Waals surface area (Å²) in [6.07, 6.45) is 6.83. The number of hydrogen-bond donors (Lipinski definition) is 1. The molecule has 1 spiro atoms. The molecule has 1 saturated heterocycles. The van der Waals surface area contributed by atoms with Crippen molar-refractivity contribution in [3.8, 4) is 0 Å². The number of nitrogens with one attached hydrogen (secondary N) is 1. The van der Waals surface area contributed by atoms with E-state index in [4.69, 9.17) is 10.3 Å². The van der Waals surface area contributed by atoms with Crippen molar-refractivity contribution in [1.82, 2.24) is 0 Å². The summed E-state index contributed by atoms with van der Waals surface area (Å²) < 4.78 is 5.77. The molecule has 0 aromatic carbocycles. The lowest BCUT2D eigenvalue weighted by Crippen LogP contribution is -2.34. The Bertz CT molecular complexity index is 165. The molecule has 3 nitrogen and oxygen atoms in total. The summed E-state index contributed by atoms with van der Waals surface area (Å²) >= 11 is 0. The summed E-state index contributed by atoms with van der Waals surface area (Å²) in [6, 6.07) is 0.292. The van der Waals surface area contributed by atoms with Gasteiger partial charge in [-0.2, -0.15) is 5.11 Å². The summed E-state index contributed by atoms with van der Waals surface area (Å²) in [5.74, 6) is 0. The Hall–Kier alpha value is -0.440. The van der Waals surface area contributed by atoms with Gasteiger partial charge in [-0.05, 0) is 38.5 Å². The molecule has 3 heteroatoms. The van der Waals surface area contributed by atoms with Crippen molar-refractivity contribution in [3.63, 3.8) is 0 Å². The lowest BCUT2D eigenvalue weighted by atomic mass is 9.81. The third-order valence-corrected chi connectivity index (χ3v) is 3.23. The fourth-order valence-electron chi connectivity index (χ4n) is 2.41. The molecule has 1 saturated carbocycles. The molecular formula is C9H16N2O. The molecule has 0 aromatic heterocycles. The van der Waals surface area contributed by atoms with Crippen molar-refractivity contribution in [2.75, 3.05) is 6.61 Å². The molecule has 1 heterocycles. The summed E-state index contributed by atoms with van der Waals surface area (Å²) in [5.41, 5.74) is 7.15. The highest BCUT2D eigenvalue weighted by Crippen LogP contribution is 2.39. The predicted molar refractivity (Wildman–Crippen MR) is 45.3 cm³/mol. The maximum atomic E-state index is 6.94. The Balaban J connectivity index is 1.92. The van der Waals surface area contributed by atoms with Crippen LogP contribution in [0.3, 0.4) is 0 Å². The molecule has 68 valence electrons. The summed E-state index contributed by atoms with van der Waals surface area (Å²) in [7, 11) is 0. The van der Waals surface area contributed by atoms with Gasteiger partial charge < -0.3 is 4.74 Å². The van der Waals surface area contributed by atoms with Crippen LogP contribution < -0.4 is 0 Å². The molecule has 0 radical (unpaired) electrons. The summed E-state index contributed by atoms with van der Waals surface area (Å²) in [6.45, 7) is 0.947. The Kier molecular flexibility index (Phi) is 2.13. The second kappa shape index (κ2) is 3.13. The first-order chi connectivity index (χ1) is 5.85. The lowest BCUT2D eigenvalue weighted by Gasteiger charge is -2.34. The van der Waals surface area contributed by atoms with Crippen LogP contribution in [0.4, 0.5) is 0 Å². The highest BCUT2D eigenvalue weighted by Gasteiger charge is 2.38.